The third kappa shape index (κ3) is 7.28. The number of nitrogens with zero attached hydrogens (tertiary/aromatic N) is 2. The minimum Gasteiger partial charge on any atom is -0.464 e. The first-order valence-corrected chi connectivity index (χ1v) is 14.0. The van der Waals surface area contributed by atoms with Gasteiger partial charge in [-0.25, -0.2) is 9.55 Å². The van der Waals surface area contributed by atoms with Gasteiger partial charge in [0.05, 0.1) is 17.0 Å². The van der Waals surface area contributed by atoms with E-state index in [0.29, 0.717) is 12.8 Å². The molecule has 0 bridgehead atoms. The van der Waals surface area contributed by atoms with Gasteiger partial charge in [0.1, 0.15) is 19.0 Å². The summed E-state index contributed by atoms with van der Waals surface area (Å²) in [5.74, 6) is -6.62. The molecule has 0 aliphatic carbocycles. The molecule has 2 rings (SSSR count). The van der Waals surface area contributed by atoms with Crippen LogP contribution in [0.4, 0.5) is 26.3 Å². The summed E-state index contributed by atoms with van der Waals surface area (Å²) in [5.41, 5.74) is -13.0. The minimum atomic E-state index is -7.36. The van der Waals surface area contributed by atoms with Gasteiger partial charge in [0.15, 0.2) is 0 Å². The van der Waals surface area contributed by atoms with Crippen molar-refractivity contribution in [2.45, 2.75) is 49.7 Å². The number of ether oxygens (including phenoxy) is 2. The molecule has 1 aromatic carbocycles. The lowest BCUT2D eigenvalue weighted by molar-refractivity contribution is -0.678. The van der Waals surface area contributed by atoms with Gasteiger partial charge >= 0.3 is 42.9 Å². The number of esters is 1. The van der Waals surface area contributed by atoms with E-state index in [4.69, 9.17) is 9.47 Å². The van der Waals surface area contributed by atoms with Crippen LogP contribution in [0.3, 0.4) is 0 Å². The topological polar surface area (TPSA) is 126 Å². The zero-order valence-electron chi connectivity index (χ0n) is 20.5. The SMILES string of the molecule is CCCCCOC(=O)C(C(OCc1ccccc1)=[N+](S(=O)(=O)C(F)(F)F)S(=O)(=O)C(F)(F)F)c1[nH]cc[n+]1C. The average Bonchev–Trinajstić information content (AvgIpc) is 3.24. The number of nitrogens with one attached hydrogen (secondary N) is 1. The molecule has 0 aliphatic rings. The maximum atomic E-state index is 13.6. The van der Waals surface area contributed by atoms with E-state index in [1.54, 1.807) is 6.92 Å². The van der Waals surface area contributed by atoms with Crippen LogP contribution < -0.4 is 4.57 Å². The van der Waals surface area contributed by atoms with Gasteiger partial charge in [-0.1, -0.05) is 50.1 Å². The maximum absolute atomic E-state index is 13.6. The van der Waals surface area contributed by atoms with Crippen LogP contribution in [-0.2, 0) is 48.0 Å². The first kappa shape index (κ1) is 32.1. The molecule has 0 radical (unpaired) electrons. The standard InChI is InChI=1S/C21H24F6N3O7S2/c1-3-4-8-13-36-19(31)16(17-28-11-12-29(17)2)18(37-14-15-9-6-5-7-10-15)30(38(32,33)20(22,23)24)39(34,35)21(25,26)27/h5-7,9-12,16H,3-4,8,13-14H2,1-2H3/q+1/p+1. The number of halogens is 6. The van der Waals surface area contributed by atoms with Gasteiger partial charge in [0.25, 0.3) is 11.7 Å². The highest BCUT2D eigenvalue weighted by Gasteiger charge is 2.70. The fourth-order valence-electron chi connectivity index (χ4n) is 3.17. The Balaban J connectivity index is 2.98. The lowest BCUT2D eigenvalue weighted by Crippen LogP contribution is -2.50. The third-order valence-electron chi connectivity index (χ3n) is 5.09. The molecule has 2 aromatic rings. The number of unbranched alkanes of at least 4 members (excludes halogenated alkanes) is 2. The van der Waals surface area contributed by atoms with E-state index in [2.05, 4.69) is 4.98 Å². The summed E-state index contributed by atoms with van der Waals surface area (Å²) in [4.78, 5) is 15.5. The van der Waals surface area contributed by atoms with E-state index in [0.717, 1.165) is 10.8 Å². The van der Waals surface area contributed by atoms with Crippen molar-refractivity contribution in [2.75, 3.05) is 6.61 Å². The van der Waals surface area contributed by atoms with E-state index in [1.807, 2.05) is 0 Å². The molecule has 1 aromatic heterocycles. The molecule has 0 saturated carbocycles. The van der Waals surface area contributed by atoms with Crippen LogP contribution in [0.25, 0.3) is 0 Å². The molecule has 0 amide bonds. The van der Waals surface area contributed by atoms with Crippen LogP contribution in [0.1, 0.15) is 43.5 Å². The van der Waals surface area contributed by atoms with E-state index in [9.17, 15) is 48.0 Å². The Hall–Kier alpha value is -3.15. The summed E-state index contributed by atoms with van der Waals surface area (Å²) in [6.45, 7) is 0.532. The van der Waals surface area contributed by atoms with Crippen LogP contribution in [0, 0.1) is 0 Å². The Kier molecular flexibility index (Phi) is 10.2. The van der Waals surface area contributed by atoms with Crippen LogP contribution in [0.15, 0.2) is 42.7 Å². The number of carbonyl (C=O) groups excluding carboxylic acids is 1. The molecule has 1 atom stereocenters. The molecule has 218 valence electrons. The number of sulfonamides is 2. The number of benzene rings is 1. The number of rotatable bonds is 11. The van der Waals surface area contributed by atoms with Crippen molar-refractivity contribution in [1.29, 1.82) is 0 Å². The van der Waals surface area contributed by atoms with Crippen molar-refractivity contribution in [3.63, 3.8) is 0 Å². The Labute approximate surface area is 220 Å². The van der Waals surface area contributed by atoms with Gasteiger partial charge in [0, 0.05) is 0 Å². The van der Waals surface area contributed by atoms with Crippen molar-refractivity contribution in [1.82, 2.24) is 4.98 Å². The highest BCUT2D eigenvalue weighted by molar-refractivity contribution is 7.98. The van der Waals surface area contributed by atoms with Crippen molar-refractivity contribution in [2.24, 2.45) is 7.05 Å². The Morgan fingerprint density at radius 2 is 1.54 bits per heavy atom. The molecular weight excluding hydrogens is 584 g/mol. The number of imidazole rings is 1. The predicted molar refractivity (Wildman–Crippen MR) is 122 cm³/mol. The first-order valence-electron chi connectivity index (χ1n) is 11.1. The summed E-state index contributed by atoms with van der Waals surface area (Å²) < 4.78 is 141. The van der Waals surface area contributed by atoms with Gasteiger partial charge in [-0.3, -0.25) is 4.79 Å². The van der Waals surface area contributed by atoms with E-state index >= 15 is 0 Å². The number of aryl methyl sites for hydroxylation is 1. The zero-order chi connectivity index (χ0) is 29.6. The zero-order valence-corrected chi connectivity index (χ0v) is 22.1. The fraction of sp³-hybridized carbons (Fsp3) is 0.476. The lowest BCUT2D eigenvalue weighted by Gasteiger charge is -2.17. The van der Waals surface area contributed by atoms with Crippen molar-refractivity contribution >= 4 is 31.9 Å². The number of hydrogen-bond donors (Lipinski definition) is 1. The van der Waals surface area contributed by atoms with Crippen LogP contribution in [0.5, 0.6) is 0 Å². The second-order valence-corrected chi connectivity index (χ2v) is 11.8. The molecule has 0 fully saturated rings. The second-order valence-electron chi connectivity index (χ2n) is 7.98. The molecule has 0 saturated heterocycles. The quantitative estimate of drug-likeness (QED) is 0.104. The molecule has 1 unspecified atom stereocenters. The van der Waals surface area contributed by atoms with Gasteiger partial charge in [0.2, 0.25) is 0 Å². The number of alkyl halides is 6. The van der Waals surface area contributed by atoms with E-state index in [-0.39, 0.29) is 18.6 Å². The molecule has 1 heterocycles. The van der Waals surface area contributed by atoms with Crippen molar-refractivity contribution in [3.05, 3.63) is 54.1 Å². The van der Waals surface area contributed by atoms with E-state index < -0.39 is 64.7 Å². The maximum Gasteiger partial charge on any atom is 0.561 e. The Bertz CT molecular complexity index is 1340. The monoisotopic (exact) mass is 609 g/mol. The molecule has 0 spiro atoms. The number of H-pyrrole nitrogens is 1. The molecule has 10 nitrogen and oxygen atoms in total. The smallest absolute Gasteiger partial charge is 0.464 e. The van der Waals surface area contributed by atoms with E-state index in [1.165, 1.54) is 43.6 Å². The van der Waals surface area contributed by atoms with Gasteiger partial charge < -0.3 is 9.47 Å². The number of aromatic nitrogens is 2. The van der Waals surface area contributed by atoms with Gasteiger partial charge in [-0.05, 0) is 12.0 Å². The largest absolute Gasteiger partial charge is 0.561 e. The van der Waals surface area contributed by atoms with Crippen molar-refractivity contribution < 1.29 is 65.4 Å². The highest BCUT2D eigenvalue weighted by Crippen LogP contribution is 2.34. The normalized spacial score (nSPS) is 13.5. The van der Waals surface area contributed by atoms with Crippen LogP contribution >= 0.6 is 0 Å². The number of aromatic amines is 1. The minimum absolute atomic E-state index is 0.0923. The molecule has 0 aliphatic heterocycles. The van der Waals surface area contributed by atoms with Gasteiger partial charge in [-0.15, -0.1) is 0 Å². The summed E-state index contributed by atoms with van der Waals surface area (Å²) in [7, 11) is -13.5. The van der Waals surface area contributed by atoms with Gasteiger partial charge in [-0.2, -0.15) is 43.2 Å². The fourth-order valence-corrected chi connectivity index (χ4v) is 5.87. The Morgan fingerprint density at radius 1 is 0.974 bits per heavy atom. The molecular formula is C21H25F6N3O7S2+2. The summed E-state index contributed by atoms with van der Waals surface area (Å²) in [5, 5.41) is 0. The Morgan fingerprint density at radius 3 is 2.00 bits per heavy atom. The highest BCUT2D eigenvalue weighted by atomic mass is 32.3. The summed E-state index contributed by atoms with van der Waals surface area (Å²) in [6, 6.07) is 6.97. The van der Waals surface area contributed by atoms with Crippen LogP contribution in [0.2, 0.25) is 0 Å². The molecule has 39 heavy (non-hydrogen) atoms. The third-order valence-corrected chi connectivity index (χ3v) is 8.67. The predicted octanol–water partition coefficient (Wildman–Crippen LogP) is 2.98. The lowest BCUT2D eigenvalue weighted by atomic mass is 10.1. The number of carbonyl (C=O) groups is 1. The molecule has 1 N–H and O–H groups in total. The molecule has 18 heteroatoms. The van der Waals surface area contributed by atoms with Crippen molar-refractivity contribution in [3.8, 4) is 0 Å². The second kappa shape index (κ2) is 12.4. The first-order chi connectivity index (χ1) is 18.0. The summed E-state index contributed by atoms with van der Waals surface area (Å²) in [6.07, 6.45) is 3.74. The van der Waals surface area contributed by atoms with Crippen LogP contribution in [-0.4, -0.2) is 54.7 Å². The summed E-state index contributed by atoms with van der Waals surface area (Å²) >= 11 is 0. The average molecular weight is 610 g/mol. The number of hydrogen-bond acceptors (Lipinski definition) is 7.